The molecule has 0 fully saturated rings. The van der Waals surface area contributed by atoms with Crippen LogP contribution in [0.5, 0.6) is 0 Å². The number of hydrogen-bond acceptors (Lipinski definition) is 3. The fourth-order valence-electron chi connectivity index (χ4n) is 1.59. The van der Waals surface area contributed by atoms with Crippen LogP contribution in [0.3, 0.4) is 0 Å². The van der Waals surface area contributed by atoms with Gasteiger partial charge in [-0.1, -0.05) is 0 Å². The van der Waals surface area contributed by atoms with Crippen molar-refractivity contribution in [3.8, 4) is 0 Å². The zero-order chi connectivity index (χ0) is 13.5. The van der Waals surface area contributed by atoms with E-state index < -0.39 is 5.97 Å². The van der Waals surface area contributed by atoms with Crippen LogP contribution < -0.4 is 5.32 Å². The van der Waals surface area contributed by atoms with Crippen molar-refractivity contribution in [1.82, 2.24) is 10.2 Å². The molecule has 4 nitrogen and oxygen atoms in total. The summed E-state index contributed by atoms with van der Waals surface area (Å²) in [5, 5.41) is 11.9. The highest BCUT2D eigenvalue weighted by atomic mass is 19.1. The largest absolute Gasteiger partial charge is 0.478 e. The number of benzene rings is 1. The maximum absolute atomic E-state index is 13.4. The molecule has 0 spiro atoms. The Kier molecular flexibility index (Phi) is 5.74. The molecule has 1 rings (SSSR count). The van der Waals surface area contributed by atoms with Gasteiger partial charge in [0.15, 0.2) is 0 Å². The van der Waals surface area contributed by atoms with Gasteiger partial charge in [0, 0.05) is 12.1 Å². The van der Waals surface area contributed by atoms with Crippen LogP contribution in [-0.2, 0) is 6.54 Å². The zero-order valence-electron chi connectivity index (χ0n) is 10.7. The molecule has 0 bridgehead atoms. The fraction of sp³-hybridized carbons (Fsp3) is 0.462. The lowest BCUT2D eigenvalue weighted by molar-refractivity contribution is 0.0696. The van der Waals surface area contributed by atoms with Gasteiger partial charge in [-0.3, -0.25) is 0 Å². The average Bonchev–Trinajstić information content (AvgIpc) is 2.30. The highest BCUT2D eigenvalue weighted by Gasteiger charge is 2.07. The van der Waals surface area contributed by atoms with Crippen LogP contribution in [0.15, 0.2) is 18.2 Å². The smallest absolute Gasteiger partial charge is 0.335 e. The summed E-state index contributed by atoms with van der Waals surface area (Å²) in [4.78, 5) is 12.8. The van der Waals surface area contributed by atoms with Gasteiger partial charge in [0.05, 0.1) is 5.56 Å². The van der Waals surface area contributed by atoms with E-state index >= 15 is 0 Å². The van der Waals surface area contributed by atoms with E-state index in [1.54, 1.807) is 0 Å². The summed E-state index contributed by atoms with van der Waals surface area (Å²) in [6.07, 6.45) is 0.966. The van der Waals surface area contributed by atoms with Crippen molar-refractivity contribution in [1.29, 1.82) is 0 Å². The van der Waals surface area contributed by atoms with E-state index in [9.17, 15) is 9.18 Å². The molecule has 0 heterocycles. The number of nitrogens with zero attached hydrogens (tertiary/aromatic N) is 1. The molecule has 0 aliphatic heterocycles. The Hall–Kier alpha value is -1.46. The number of carboxylic acid groups (broad SMARTS) is 1. The van der Waals surface area contributed by atoms with Gasteiger partial charge in [-0.25, -0.2) is 9.18 Å². The lowest BCUT2D eigenvalue weighted by Gasteiger charge is -2.10. The number of carboxylic acids is 1. The molecule has 0 aliphatic rings. The minimum atomic E-state index is -1.04. The molecule has 0 saturated carbocycles. The SMILES string of the molecule is CN(C)CCCNCc1cc(C(=O)O)ccc1F. The van der Waals surface area contributed by atoms with Gasteiger partial charge in [-0.15, -0.1) is 0 Å². The Morgan fingerprint density at radius 1 is 1.44 bits per heavy atom. The highest BCUT2D eigenvalue weighted by Crippen LogP contribution is 2.10. The van der Waals surface area contributed by atoms with E-state index in [1.165, 1.54) is 18.2 Å². The first kappa shape index (κ1) is 14.6. The summed E-state index contributed by atoms with van der Waals surface area (Å²) < 4.78 is 13.4. The van der Waals surface area contributed by atoms with Crippen LogP contribution in [0.25, 0.3) is 0 Å². The lowest BCUT2D eigenvalue weighted by atomic mass is 10.1. The molecule has 1 aromatic carbocycles. The molecule has 0 radical (unpaired) electrons. The summed E-state index contributed by atoms with van der Waals surface area (Å²) in [7, 11) is 3.99. The van der Waals surface area contributed by atoms with Crippen molar-refractivity contribution in [2.45, 2.75) is 13.0 Å². The first-order chi connectivity index (χ1) is 8.50. The Morgan fingerprint density at radius 3 is 2.78 bits per heavy atom. The van der Waals surface area contributed by atoms with Crippen molar-refractivity contribution in [3.05, 3.63) is 35.1 Å². The Bertz CT molecular complexity index is 408. The number of hydrogen-bond donors (Lipinski definition) is 2. The maximum Gasteiger partial charge on any atom is 0.335 e. The van der Waals surface area contributed by atoms with Gasteiger partial charge < -0.3 is 15.3 Å². The third kappa shape index (κ3) is 4.81. The predicted octanol–water partition coefficient (Wildman–Crippen LogP) is 1.57. The number of aromatic carboxylic acids is 1. The third-order valence-corrected chi connectivity index (χ3v) is 2.57. The predicted molar refractivity (Wildman–Crippen MR) is 68.2 cm³/mol. The van der Waals surface area contributed by atoms with Crippen LogP contribution in [-0.4, -0.2) is 43.2 Å². The van der Waals surface area contributed by atoms with Gasteiger partial charge in [-0.2, -0.15) is 0 Å². The fourth-order valence-corrected chi connectivity index (χ4v) is 1.59. The normalized spacial score (nSPS) is 10.9. The first-order valence-electron chi connectivity index (χ1n) is 5.88. The Morgan fingerprint density at radius 2 is 2.17 bits per heavy atom. The molecule has 0 atom stereocenters. The molecule has 0 aromatic heterocycles. The van der Waals surface area contributed by atoms with Crippen LogP contribution in [0, 0.1) is 5.82 Å². The quantitative estimate of drug-likeness (QED) is 0.725. The van der Waals surface area contributed by atoms with Crippen molar-refractivity contribution >= 4 is 5.97 Å². The van der Waals surface area contributed by atoms with E-state index in [2.05, 4.69) is 10.2 Å². The van der Waals surface area contributed by atoms with Gasteiger partial charge in [-0.05, 0) is 51.8 Å². The molecule has 18 heavy (non-hydrogen) atoms. The number of rotatable bonds is 7. The topological polar surface area (TPSA) is 52.6 Å². The van der Waals surface area contributed by atoms with Gasteiger partial charge in [0.2, 0.25) is 0 Å². The molecule has 0 amide bonds. The van der Waals surface area contributed by atoms with Gasteiger partial charge in [0.1, 0.15) is 5.82 Å². The number of halogens is 1. The summed E-state index contributed by atoms with van der Waals surface area (Å²) >= 11 is 0. The van der Waals surface area contributed by atoms with E-state index in [1.807, 2.05) is 14.1 Å². The molecule has 0 unspecified atom stereocenters. The van der Waals surface area contributed by atoms with Gasteiger partial charge >= 0.3 is 5.97 Å². The summed E-state index contributed by atoms with van der Waals surface area (Å²) in [5.74, 6) is -1.41. The Labute approximate surface area is 106 Å². The van der Waals surface area contributed by atoms with Gasteiger partial charge in [0.25, 0.3) is 0 Å². The molecule has 100 valence electrons. The highest BCUT2D eigenvalue weighted by molar-refractivity contribution is 5.87. The summed E-state index contributed by atoms with van der Waals surface area (Å²) in [6, 6.07) is 3.84. The van der Waals surface area contributed by atoms with E-state index in [-0.39, 0.29) is 11.4 Å². The molecular formula is C13H19FN2O2. The number of carbonyl (C=O) groups is 1. The van der Waals surface area contributed by atoms with Crippen molar-refractivity contribution in [2.24, 2.45) is 0 Å². The van der Waals surface area contributed by atoms with Crippen LogP contribution in [0.4, 0.5) is 4.39 Å². The van der Waals surface area contributed by atoms with E-state index in [0.29, 0.717) is 12.1 Å². The van der Waals surface area contributed by atoms with Crippen molar-refractivity contribution < 1.29 is 14.3 Å². The minimum absolute atomic E-state index is 0.112. The first-order valence-corrected chi connectivity index (χ1v) is 5.88. The molecule has 1 aromatic rings. The Balaban J connectivity index is 2.46. The molecular weight excluding hydrogens is 235 g/mol. The lowest BCUT2D eigenvalue weighted by Crippen LogP contribution is -2.21. The standard InChI is InChI=1S/C13H19FN2O2/c1-16(2)7-3-6-15-9-11-8-10(13(17)18)4-5-12(11)14/h4-5,8,15H,3,6-7,9H2,1-2H3,(H,17,18). The monoisotopic (exact) mass is 254 g/mol. The maximum atomic E-state index is 13.4. The molecule has 5 heteroatoms. The van der Waals surface area contributed by atoms with E-state index in [4.69, 9.17) is 5.11 Å². The van der Waals surface area contributed by atoms with Crippen molar-refractivity contribution in [3.63, 3.8) is 0 Å². The third-order valence-electron chi connectivity index (χ3n) is 2.57. The second-order valence-electron chi connectivity index (χ2n) is 4.44. The number of nitrogens with one attached hydrogen (secondary N) is 1. The van der Waals surface area contributed by atoms with Crippen LogP contribution >= 0.6 is 0 Å². The van der Waals surface area contributed by atoms with Crippen LogP contribution in [0.2, 0.25) is 0 Å². The minimum Gasteiger partial charge on any atom is -0.478 e. The average molecular weight is 254 g/mol. The summed E-state index contributed by atoms with van der Waals surface area (Å²) in [5.41, 5.74) is 0.501. The zero-order valence-corrected chi connectivity index (χ0v) is 10.7. The van der Waals surface area contributed by atoms with Crippen molar-refractivity contribution in [2.75, 3.05) is 27.2 Å². The van der Waals surface area contributed by atoms with E-state index in [0.717, 1.165) is 19.5 Å². The van der Waals surface area contributed by atoms with Crippen LogP contribution in [0.1, 0.15) is 22.3 Å². The second-order valence-corrected chi connectivity index (χ2v) is 4.44. The second kappa shape index (κ2) is 7.08. The molecule has 0 aliphatic carbocycles. The summed E-state index contributed by atoms with van der Waals surface area (Å²) in [6.45, 7) is 2.08. The molecule has 2 N–H and O–H groups in total. The molecule has 0 saturated heterocycles.